The summed E-state index contributed by atoms with van der Waals surface area (Å²) in [5, 5.41) is 4.94. The lowest BCUT2D eigenvalue weighted by atomic mass is 9.76. The largest absolute Gasteiger partial charge is 0.495 e. The molecule has 1 amide bonds. The van der Waals surface area contributed by atoms with E-state index in [0.29, 0.717) is 10.8 Å². The number of nitrogens with zero attached hydrogens (tertiary/aromatic N) is 3. The Morgan fingerprint density at radius 1 is 1.31 bits per heavy atom. The summed E-state index contributed by atoms with van der Waals surface area (Å²) in [7, 11) is 1.62. The van der Waals surface area contributed by atoms with Crippen molar-refractivity contribution in [1.29, 1.82) is 0 Å². The SMILES string of the molecule is CCC1SC(=O)NN=C1c1ccc2c(c1)C(C)(C)CCN2C(=NC(C)C)c1ccc(OC)c(Cl)c1.Cl. The summed E-state index contributed by atoms with van der Waals surface area (Å²) in [4.78, 5) is 19.2. The van der Waals surface area contributed by atoms with Crippen molar-refractivity contribution in [3.05, 3.63) is 58.1 Å². The predicted molar refractivity (Wildman–Crippen MR) is 155 cm³/mol. The topological polar surface area (TPSA) is 66.3 Å². The minimum atomic E-state index is -0.0993. The predicted octanol–water partition coefficient (Wildman–Crippen LogP) is 7.05. The molecular weight excluding hydrogens is 515 g/mol. The number of ether oxygens (including phenoxy) is 1. The number of carbonyl (C=O) groups is 1. The number of anilines is 1. The van der Waals surface area contributed by atoms with E-state index >= 15 is 0 Å². The van der Waals surface area contributed by atoms with Gasteiger partial charge in [0, 0.05) is 23.8 Å². The second-order valence-electron chi connectivity index (χ2n) is 9.82. The summed E-state index contributed by atoms with van der Waals surface area (Å²) in [6, 6.07) is 12.5. The standard InChI is InChI=1S/C27H33ClN4O2S.ClH/c1-7-23-24(30-31-26(33)35-23)17-8-10-21-19(14-17)27(4,5)12-13-32(21)25(29-16(2)3)18-9-11-22(34-6)20(28)15-18;/h8-11,14-16,23H,7,12-13H2,1-6H3,(H,31,33);1H. The van der Waals surface area contributed by atoms with E-state index in [1.807, 2.05) is 18.2 Å². The number of carbonyl (C=O) groups excluding carboxylic acids is 1. The van der Waals surface area contributed by atoms with Crippen molar-refractivity contribution in [2.24, 2.45) is 10.1 Å². The first-order valence-electron chi connectivity index (χ1n) is 12.0. The number of amides is 1. The van der Waals surface area contributed by atoms with Crippen molar-refractivity contribution in [1.82, 2.24) is 5.43 Å². The van der Waals surface area contributed by atoms with Gasteiger partial charge in [0.1, 0.15) is 11.6 Å². The summed E-state index contributed by atoms with van der Waals surface area (Å²) in [6.45, 7) is 11.7. The lowest BCUT2D eigenvalue weighted by Crippen LogP contribution is -2.42. The fourth-order valence-electron chi connectivity index (χ4n) is 4.61. The molecule has 0 fully saturated rings. The maximum atomic E-state index is 11.9. The van der Waals surface area contributed by atoms with Crippen molar-refractivity contribution in [3.8, 4) is 5.75 Å². The number of halogens is 2. The van der Waals surface area contributed by atoms with Crippen LogP contribution in [0.4, 0.5) is 10.5 Å². The van der Waals surface area contributed by atoms with Gasteiger partial charge in [0.15, 0.2) is 0 Å². The molecule has 1 N–H and O–H groups in total. The third-order valence-electron chi connectivity index (χ3n) is 6.51. The van der Waals surface area contributed by atoms with E-state index in [4.69, 9.17) is 21.3 Å². The fraction of sp³-hybridized carbons (Fsp3) is 0.444. The van der Waals surface area contributed by atoms with E-state index in [0.717, 1.165) is 47.7 Å². The van der Waals surface area contributed by atoms with Gasteiger partial charge in [0.25, 0.3) is 5.24 Å². The van der Waals surface area contributed by atoms with Gasteiger partial charge in [-0.15, -0.1) is 12.4 Å². The van der Waals surface area contributed by atoms with Crippen LogP contribution in [0.3, 0.4) is 0 Å². The Hall–Kier alpha value is -2.22. The summed E-state index contributed by atoms with van der Waals surface area (Å²) < 4.78 is 5.36. The zero-order valence-corrected chi connectivity index (χ0v) is 24.0. The van der Waals surface area contributed by atoms with Crippen LogP contribution in [0.25, 0.3) is 0 Å². The molecule has 36 heavy (non-hydrogen) atoms. The third kappa shape index (κ3) is 5.68. The molecule has 2 aliphatic heterocycles. The Kier molecular flexibility index (Phi) is 9.02. The number of hydrogen-bond donors (Lipinski definition) is 1. The molecule has 9 heteroatoms. The molecule has 6 nitrogen and oxygen atoms in total. The number of methoxy groups -OCH3 is 1. The smallest absolute Gasteiger partial charge is 0.299 e. The number of thioether (sulfide) groups is 1. The minimum absolute atomic E-state index is 0. The molecule has 1 unspecified atom stereocenters. The number of hydrogen-bond acceptors (Lipinski definition) is 5. The average molecular weight is 550 g/mol. The Balaban J connectivity index is 0.00000361. The zero-order valence-electron chi connectivity index (χ0n) is 21.6. The van der Waals surface area contributed by atoms with Gasteiger partial charge < -0.3 is 9.64 Å². The third-order valence-corrected chi connectivity index (χ3v) is 7.95. The van der Waals surface area contributed by atoms with Gasteiger partial charge in [-0.1, -0.05) is 50.2 Å². The second-order valence-corrected chi connectivity index (χ2v) is 11.4. The van der Waals surface area contributed by atoms with Gasteiger partial charge in [-0.2, -0.15) is 5.10 Å². The maximum Gasteiger partial charge on any atom is 0.299 e. The lowest BCUT2D eigenvalue weighted by Gasteiger charge is -2.41. The maximum absolute atomic E-state index is 11.9. The second kappa shape index (κ2) is 11.4. The molecule has 194 valence electrons. The number of hydrazone groups is 1. The van der Waals surface area contributed by atoms with E-state index in [9.17, 15) is 4.79 Å². The number of amidine groups is 1. The van der Waals surface area contributed by atoms with Crippen molar-refractivity contribution < 1.29 is 9.53 Å². The van der Waals surface area contributed by atoms with Crippen molar-refractivity contribution in [2.75, 3.05) is 18.6 Å². The van der Waals surface area contributed by atoms with Gasteiger partial charge in [-0.3, -0.25) is 9.79 Å². The monoisotopic (exact) mass is 548 g/mol. The van der Waals surface area contributed by atoms with Gasteiger partial charge in [-0.05, 0) is 73.6 Å². The number of rotatable bonds is 5. The molecule has 2 aliphatic rings. The molecule has 0 aromatic heterocycles. The molecule has 2 aromatic rings. The number of aliphatic imine (C=N–C) groups is 1. The normalized spacial score (nSPS) is 19.3. The van der Waals surface area contributed by atoms with Gasteiger partial charge in [0.05, 0.1) is 23.1 Å². The van der Waals surface area contributed by atoms with E-state index in [-0.39, 0.29) is 34.4 Å². The quantitative estimate of drug-likeness (QED) is 0.321. The van der Waals surface area contributed by atoms with E-state index in [2.05, 4.69) is 68.2 Å². The molecule has 0 saturated heterocycles. The highest BCUT2D eigenvalue weighted by molar-refractivity contribution is 8.14. The van der Waals surface area contributed by atoms with Crippen molar-refractivity contribution >= 4 is 58.2 Å². The van der Waals surface area contributed by atoms with Crippen LogP contribution in [0, 0.1) is 0 Å². The fourth-order valence-corrected chi connectivity index (χ4v) is 5.69. The molecule has 0 radical (unpaired) electrons. The van der Waals surface area contributed by atoms with E-state index in [1.54, 1.807) is 7.11 Å². The molecule has 0 saturated carbocycles. The average Bonchev–Trinajstić information content (AvgIpc) is 2.82. The molecule has 0 aliphatic carbocycles. The summed E-state index contributed by atoms with van der Waals surface area (Å²) in [5.74, 6) is 1.55. The van der Waals surface area contributed by atoms with Crippen LogP contribution in [0.2, 0.25) is 5.02 Å². The molecular formula is C27H34Cl2N4O2S. The first kappa shape index (κ1) is 28.4. The van der Waals surface area contributed by atoms with Crippen LogP contribution < -0.4 is 15.1 Å². The molecule has 2 heterocycles. The molecule has 2 aromatic carbocycles. The lowest BCUT2D eigenvalue weighted by molar-refractivity contribution is 0.260. The molecule has 0 bridgehead atoms. The number of nitrogens with one attached hydrogen (secondary N) is 1. The van der Waals surface area contributed by atoms with Crippen LogP contribution >= 0.6 is 35.8 Å². The first-order valence-corrected chi connectivity index (χ1v) is 13.3. The summed E-state index contributed by atoms with van der Waals surface area (Å²) >= 11 is 7.80. The molecule has 4 rings (SSSR count). The van der Waals surface area contributed by atoms with Crippen LogP contribution in [0.15, 0.2) is 46.5 Å². The summed E-state index contributed by atoms with van der Waals surface area (Å²) in [6.07, 6.45) is 1.81. The van der Waals surface area contributed by atoms with Crippen LogP contribution in [-0.4, -0.2) is 41.7 Å². The van der Waals surface area contributed by atoms with Crippen LogP contribution in [0.1, 0.15) is 64.2 Å². The Morgan fingerprint density at radius 2 is 2.06 bits per heavy atom. The highest BCUT2D eigenvalue weighted by Crippen LogP contribution is 2.42. The van der Waals surface area contributed by atoms with E-state index < -0.39 is 0 Å². The highest BCUT2D eigenvalue weighted by atomic mass is 35.5. The number of benzene rings is 2. The Labute approximate surface area is 229 Å². The Bertz CT molecular complexity index is 1200. The van der Waals surface area contributed by atoms with Crippen LogP contribution in [-0.2, 0) is 5.41 Å². The van der Waals surface area contributed by atoms with Gasteiger partial charge >= 0.3 is 0 Å². The van der Waals surface area contributed by atoms with Crippen molar-refractivity contribution in [3.63, 3.8) is 0 Å². The van der Waals surface area contributed by atoms with Crippen molar-refractivity contribution in [2.45, 2.75) is 64.2 Å². The molecule has 1 atom stereocenters. The van der Waals surface area contributed by atoms with Gasteiger partial charge in [-0.25, -0.2) is 5.43 Å². The zero-order chi connectivity index (χ0) is 25.3. The minimum Gasteiger partial charge on any atom is -0.495 e. The number of fused-ring (bicyclic) bond motifs is 1. The van der Waals surface area contributed by atoms with Crippen LogP contribution in [0.5, 0.6) is 5.75 Å². The highest BCUT2D eigenvalue weighted by Gasteiger charge is 2.35. The molecule has 0 spiro atoms. The summed E-state index contributed by atoms with van der Waals surface area (Å²) in [5.41, 5.74) is 7.94. The van der Waals surface area contributed by atoms with E-state index in [1.165, 1.54) is 17.3 Å². The van der Waals surface area contributed by atoms with Gasteiger partial charge in [0.2, 0.25) is 0 Å². The Morgan fingerprint density at radius 3 is 2.69 bits per heavy atom. The first-order chi connectivity index (χ1) is 16.6.